The number of rotatable bonds is 7. The lowest BCUT2D eigenvalue weighted by molar-refractivity contribution is 0.0953. The van der Waals surface area contributed by atoms with E-state index >= 15 is 0 Å². The van der Waals surface area contributed by atoms with Crippen LogP contribution in [0.25, 0.3) is 21.6 Å². The number of thiophene rings is 1. The van der Waals surface area contributed by atoms with Crippen LogP contribution in [0.1, 0.15) is 41.9 Å². The van der Waals surface area contributed by atoms with Crippen LogP contribution in [-0.4, -0.2) is 45.5 Å². The van der Waals surface area contributed by atoms with Gasteiger partial charge in [-0.05, 0) is 55.3 Å². The molecule has 0 aliphatic carbocycles. The minimum absolute atomic E-state index is 0.0917. The van der Waals surface area contributed by atoms with E-state index in [1.54, 1.807) is 17.5 Å². The van der Waals surface area contributed by atoms with Crippen molar-refractivity contribution in [2.75, 3.05) is 24.5 Å². The Balaban J connectivity index is 1.37. The largest absolute Gasteiger partial charge is 0.355 e. The lowest BCUT2D eigenvalue weighted by atomic mass is 10.1. The van der Waals surface area contributed by atoms with Crippen LogP contribution in [0.3, 0.4) is 0 Å². The van der Waals surface area contributed by atoms with Crippen molar-refractivity contribution in [3.05, 3.63) is 59.5 Å². The van der Waals surface area contributed by atoms with Crippen molar-refractivity contribution < 1.29 is 4.79 Å². The van der Waals surface area contributed by atoms with Crippen LogP contribution >= 0.6 is 11.3 Å². The number of anilines is 1. The molecule has 8 heteroatoms. The second kappa shape index (κ2) is 9.48. The number of benzene rings is 1. The number of fused-ring (bicyclic) bond motifs is 1. The van der Waals surface area contributed by atoms with E-state index in [9.17, 15) is 4.79 Å². The predicted molar refractivity (Wildman–Crippen MR) is 128 cm³/mol. The molecule has 0 saturated carbocycles. The number of aromatic amines is 1. The first-order valence-corrected chi connectivity index (χ1v) is 12.0. The molecule has 3 aromatic heterocycles. The number of imidazole rings is 1. The Morgan fingerprint density at radius 2 is 2.03 bits per heavy atom. The van der Waals surface area contributed by atoms with Gasteiger partial charge in [-0.3, -0.25) is 4.79 Å². The fourth-order valence-corrected chi connectivity index (χ4v) is 4.79. The smallest absolute Gasteiger partial charge is 0.251 e. The molecule has 2 N–H and O–H groups in total. The fraction of sp³-hybridized carbons (Fsp3) is 0.333. The third-order valence-electron chi connectivity index (χ3n) is 5.75. The maximum Gasteiger partial charge on any atom is 0.251 e. The number of hydrogen-bond donors (Lipinski definition) is 2. The molecule has 1 aromatic carbocycles. The van der Waals surface area contributed by atoms with E-state index in [-0.39, 0.29) is 5.91 Å². The van der Waals surface area contributed by atoms with Gasteiger partial charge in [-0.1, -0.05) is 6.07 Å². The summed E-state index contributed by atoms with van der Waals surface area (Å²) >= 11 is 1.67. The van der Waals surface area contributed by atoms with Crippen LogP contribution in [0, 0.1) is 0 Å². The summed E-state index contributed by atoms with van der Waals surface area (Å²) in [5.41, 5.74) is 3.08. The maximum absolute atomic E-state index is 12.7. The monoisotopic (exact) mass is 446 g/mol. The second-order valence-electron chi connectivity index (χ2n) is 8.02. The summed E-state index contributed by atoms with van der Waals surface area (Å²) < 4.78 is 0. The van der Waals surface area contributed by atoms with Crippen molar-refractivity contribution in [3.63, 3.8) is 0 Å². The molecule has 7 nitrogen and oxygen atoms in total. The lowest BCUT2D eigenvalue weighted by Crippen LogP contribution is -2.31. The number of H-pyrrole nitrogens is 1. The summed E-state index contributed by atoms with van der Waals surface area (Å²) in [6.45, 7) is 2.62. The van der Waals surface area contributed by atoms with Crippen molar-refractivity contribution in [2.45, 2.75) is 32.1 Å². The van der Waals surface area contributed by atoms with Gasteiger partial charge in [-0.15, -0.1) is 11.3 Å². The predicted octanol–water partition coefficient (Wildman–Crippen LogP) is 4.43. The standard InChI is InChI=1S/C24H26N6OS/c31-24(27-10-4-7-21-25-11-12-26-21)17-8-9-18-19(16-17)28-22(20-6-5-15-32-20)23(29-18)30-13-2-1-3-14-30/h5-6,8-9,11-12,15-16H,1-4,7,10,13-14H2,(H,25,26)(H,27,31). The van der Waals surface area contributed by atoms with Gasteiger partial charge in [-0.25, -0.2) is 15.0 Å². The second-order valence-corrected chi connectivity index (χ2v) is 8.97. The van der Waals surface area contributed by atoms with Gasteiger partial charge in [0.2, 0.25) is 0 Å². The third kappa shape index (κ3) is 4.50. The van der Waals surface area contributed by atoms with Crippen LogP contribution in [-0.2, 0) is 6.42 Å². The molecule has 1 fully saturated rings. The Bertz CT molecular complexity index is 1180. The Labute approximate surface area is 190 Å². The molecule has 1 amide bonds. The van der Waals surface area contributed by atoms with Crippen molar-refractivity contribution in [3.8, 4) is 10.6 Å². The van der Waals surface area contributed by atoms with Crippen LogP contribution in [0.4, 0.5) is 5.82 Å². The Hall–Kier alpha value is -3.26. The minimum Gasteiger partial charge on any atom is -0.355 e. The number of aromatic nitrogens is 4. The zero-order chi connectivity index (χ0) is 21.8. The van der Waals surface area contributed by atoms with Gasteiger partial charge in [-0.2, -0.15) is 0 Å². The average Bonchev–Trinajstić information content (AvgIpc) is 3.56. The number of piperidine rings is 1. The van der Waals surface area contributed by atoms with Crippen molar-refractivity contribution in [1.82, 2.24) is 25.3 Å². The Kier molecular flexibility index (Phi) is 6.11. The zero-order valence-electron chi connectivity index (χ0n) is 17.9. The summed E-state index contributed by atoms with van der Waals surface area (Å²) in [6.07, 6.45) is 8.82. The highest BCUT2D eigenvalue weighted by Gasteiger charge is 2.20. The number of hydrogen-bond acceptors (Lipinski definition) is 6. The summed E-state index contributed by atoms with van der Waals surface area (Å²) in [5, 5.41) is 5.06. The van der Waals surface area contributed by atoms with E-state index in [2.05, 4.69) is 31.6 Å². The average molecular weight is 447 g/mol. The highest BCUT2D eigenvalue weighted by Crippen LogP contribution is 2.34. The first-order valence-electron chi connectivity index (χ1n) is 11.1. The summed E-state index contributed by atoms with van der Waals surface area (Å²) in [7, 11) is 0. The van der Waals surface area contributed by atoms with E-state index in [0.717, 1.165) is 59.2 Å². The van der Waals surface area contributed by atoms with E-state index in [1.165, 1.54) is 19.3 Å². The molecule has 32 heavy (non-hydrogen) atoms. The van der Waals surface area contributed by atoms with Crippen LogP contribution in [0.15, 0.2) is 48.1 Å². The number of carbonyl (C=O) groups excluding carboxylic acids is 1. The Morgan fingerprint density at radius 3 is 2.81 bits per heavy atom. The Morgan fingerprint density at radius 1 is 1.12 bits per heavy atom. The first kappa shape index (κ1) is 20.6. The topological polar surface area (TPSA) is 86.8 Å². The van der Waals surface area contributed by atoms with E-state index in [1.807, 2.05) is 30.5 Å². The fourth-order valence-electron chi connectivity index (χ4n) is 4.09. The van der Waals surface area contributed by atoms with E-state index in [4.69, 9.17) is 9.97 Å². The molecule has 0 radical (unpaired) electrons. The molecule has 1 aliphatic heterocycles. The number of aryl methyl sites for hydroxylation is 1. The number of nitrogens with one attached hydrogen (secondary N) is 2. The summed E-state index contributed by atoms with van der Waals surface area (Å²) in [4.78, 5) is 33.4. The van der Waals surface area contributed by atoms with Gasteiger partial charge < -0.3 is 15.2 Å². The lowest BCUT2D eigenvalue weighted by Gasteiger charge is -2.29. The SMILES string of the molecule is O=C(NCCCc1ncc[nH]1)c1ccc2nc(N3CCCCC3)c(-c3cccs3)nc2c1. The van der Waals surface area contributed by atoms with Crippen molar-refractivity contribution >= 4 is 34.1 Å². The molecule has 0 atom stereocenters. The number of carbonyl (C=O) groups is 1. The molecule has 4 aromatic rings. The summed E-state index contributed by atoms with van der Waals surface area (Å²) in [6, 6.07) is 9.72. The van der Waals surface area contributed by atoms with Gasteiger partial charge in [0.1, 0.15) is 11.5 Å². The molecular formula is C24H26N6OS. The third-order valence-corrected chi connectivity index (χ3v) is 6.63. The minimum atomic E-state index is -0.0917. The molecule has 0 bridgehead atoms. The quantitative estimate of drug-likeness (QED) is 0.410. The van der Waals surface area contributed by atoms with Gasteiger partial charge in [0.25, 0.3) is 5.91 Å². The first-order chi connectivity index (χ1) is 15.8. The maximum atomic E-state index is 12.7. The van der Waals surface area contributed by atoms with Crippen LogP contribution in [0.5, 0.6) is 0 Å². The van der Waals surface area contributed by atoms with Crippen LogP contribution in [0.2, 0.25) is 0 Å². The molecule has 0 unspecified atom stereocenters. The molecule has 164 valence electrons. The molecule has 1 aliphatic rings. The van der Waals surface area contributed by atoms with Crippen molar-refractivity contribution in [2.24, 2.45) is 0 Å². The van der Waals surface area contributed by atoms with Gasteiger partial charge in [0, 0.05) is 44.0 Å². The van der Waals surface area contributed by atoms with E-state index < -0.39 is 0 Å². The van der Waals surface area contributed by atoms with Gasteiger partial charge in [0.15, 0.2) is 5.82 Å². The zero-order valence-corrected chi connectivity index (χ0v) is 18.7. The van der Waals surface area contributed by atoms with Gasteiger partial charge >= 0.3 is 0 Å². The number of amides is 1. The highest BCUT2D eigenvalue weighted by atomic mass is 32.1. The number of nitrogens with zero attached hydrogens (tertiary/aromatic N) is 4. The van der Waals surface area contributed by atoms with Crippen LogP contribution < -0.4 is 10.2 Å². The van der Waals surface area contributed by atoms with E-state index in [0.29, 0.717) is 12.1 Å². The molecule has 1 saturated heterocycles. The molecular weight excluding hydrogens is 420 g/mol. The normalized spacial score (nSPS) is 14.1. The molecule has 5 rings (SSSR count). The molecule has 0 spiro atoms. The highest BCUT2D eigenvalue weighted by molar-refractivity contribution is 7.13. The molecule has 4 heterocycles. The van der Waals surface area contributed by atoms with Gasteiger partial charge in [0.05, 0.1) is 15.9 Å². The van der Waals surface area contributed by atoms with Crippen molar-refractivity contribution in [1.29, 1.82) is 0 Å². The summed E-state index contributed by atoms with van der Waals surface area (Å²) in [5.74, 6) is 1.80.